The topological polar surface area (TPSA) is 97.9 Å². The van der Waals surface area contributed by atoms with Crippen molar-refractivity contribution in [3.63, 3.8) is 0 Å². The molecule has 35 heavy (non-hydrogen) atoms. The average Bonchev–Trinajstić information content (AvgIpc) is 3.32. The molecule has 1 saturated heterocycles. The van der Waals surface area contributed by atoms with E-state index in [-0.39, 0.29) is 12.7 Å². The molecule has 9 heteroatoms. The number of piperidine rings is 1. The van der Waals surface area contributed by atoms with Gasteiger partial charge >= 0.3 is 5.97 Å². The molecule has 186 valence electrons. The molecule has 1 aliphatic rings. The number of hydrogen-bond donors (Lipinski definition) is 1. The molecular formula is C26H30ClN3O5. The molecule has 2 heterocycles. The second-order valence-corrected chi connectivity index (χ2v) is 9.63. The molecular weight excluding hydrogens is 470 g/mol. The Hall–Kier alpha value is -2.94. The lowest BCUT2D eigenvalue weighted by molar-refractivity contribution is -0.156. The van der Waals surface area contributed by atoms with E-state index in [4.69, 9.17) is 25.6 Å². The van der Waals surface area contributed by atoms with Crippen molar-refractivity contribution in [2.45, 2.75) is 39.3 Å². The molecule has 0 saturated carbocycles. The lowest BCUT2D eigenvalue weighted by Crippen LogP contribution is -2.46. The van der Waals surface area contributed by atoms with E-state index < -0.39 is 11.4 Å². The van der Waals surface area contributed by atoms with Crippen LogP contribution in [0.4, 0.5) is 0 Å². The standard InChI is InChI=1S/C26H30ClN3O5/c1-17(2)34-22-9-8-20(14-21(22)27)24-28-23(29-35-24)19-6-4-18(5-7-19)15-30-12-10-26(11-13-30,16-33-3)25(31)32/h4-9,14,17H,10-13,15-16H2,1-3H3,(H,31,32). The van der Waals surface area contributed by atoms with E-state index in [1.54, 1.807) is 19.2 Å². The van der Waals surface area contributed by atoms with Crippen molar-refractivity contribution in [2.75, 3.05) is 26.8 Å². The maximum absolute atomic E-state index is 11.7. The van der Waals surface area contributed by atoms with Crippen LogP contribution in [0.2, 0.25) is 5.02 Å². The molecule has 1 N–H and O–H groups in total. The van der Waals surface area contributed by atoms with E-state index in [2.05, 4.69) is 15.0 Å². The smallest absolute Gasteiger partial charge is 0.312 e. The molecule has 1 fully saturated rings. The third-order valence-electron chi connectivity index (χ3n) is 6.27. The second-order valence-electron chi connectivity index (χ2n) is 9.23. The predicted octanol–water partition coefficient (Wildman–Crippen LogP) is 5.16. The van der Waals surface area contributed by atoms with Crippen molar-refractivity contribution in [3.8, 4) is 28.6 Å². The highest BCUT2D eigenvalue weighted by atomic mass is 35.5. The highest BCUT2D eigenvalue weighted by Gasteiger charge is 2.41. The van der Waals surface area contributed by atoms with Crippen molar-refractivity contribution in [1.82, 2.24) is 15.0 Å². The fourth-order valence-electron chi connectivity index (χ4n) is 4.29. The van der Waals surface area contributed by atoms with Gasteiger partial charge in [-0.25, -0.2) is 0 Å². The van der Waals surface area contributed by atoms with Crippen LogP contribution in [0.25, 0.3) is 22.8 Å². The summed E-state index contributed by atoms with van der Waals surface area (Å²) in [5, 5.41) is 14.2. The van der Waals surface area contributed by atoms with Gasteiger partial charge in [-0.15, -0.1) is 0 Å². The number of likely N-dealkylation sites (tertiary alicyclic amines) is 1. The van der Waals surface area contributed by atoms with Crippen molar-refractivity contribution in [2.24, 2.45) is 5.41 Å². The number of aliphatic carboxylic acids is 1. The highest BCUT2D eigenvalue weighted by Crippen LogP contribution is 2.33. The predicted molar refractivity (Wildman–Crippen MR) is 132 cm³/mol. The number of hydrogen-bond acceptors (Lipinski definition) is 7. The first-order chi connectivity index (χ1) is 16.8. The van der Waals surface area contributed by atoms with Crippen LogP contribution in [-0.2, 0) is 16.1 Å². The van der Waals surface area contributed by atoms with E-state index in [1.165, 1.54) is 0 Å². The molecule has 2 aromatic carbocycles. The summed E-state index contributed by atoms with van der Waals surface area (Å²) in [4.78, 5) is 18.5. The SMILES string of the molecule is COCC1(C(=O)O)CCN(Cc2ccc(-c3noc(-c4ccc(OC(C)C)c(Cl)c4)n3)cc2)CC1. The van der Waals surface area contributed by atoms with Crippen LogP contribution in [0, 0.1) is 5.41 Å². The number of carbonyl (C=O) groups is 1. The highest BCUT2D eigenvalue weighted by molar-refractivity contribution is 6.32. The van der Waals surface area contributed by atoms with Gasteiger partial charge in [0, 0.05) is 24.8 Å². The van der Waals surface area contributed by atoms with Crippen LogP contribution in [0.1, 0.15) is 32.3 Å². The molecule has 1 aromatic heterocycles. The van der Waals surface area contributed by atoms with Crippen LogP contribution >= 0.6 is 11.6 Å². The van der Waals surface area contributed by atoms with Crippen molar-refractivity contribution in [1.29, 1.82) is 0 Å². The number of carboxylic acid groups (broad SMARTS) is 1. The number of nitrogens with zero attached hydrogens (tertiary/aromatic N) is 3. The lowest BCUT2D eigenvalue weighted by Gasteiger charge is -2.38. The third-order valence-corrected chi connectivity index (χ3v) is 6.57. The average molecular weight is 500 g/mol. The zero-order chi connectivity index (χ0) is 25.0. The van der Waals surface area contributed by atoms with Crippen molar-refractivity contribution >= 4 is 17.6 Å². The largest absolute Gasteiger partial charge is 0.489 e. The van der Waals surface area contributed by atoms with E-state index >= 15 is 0 Å². The van der Waals surface area contributed by atoms with Gasteiger partial charge in [-0.1, -0.05) is 41.0 Å². The third kappa shape index (κ3) is 5.83. The molecule has 0 unspecified atom stereocenters. The van der Waals surface area contributed by atoms with Gasteiger partial charge < -0.3 is 19.1 Å². The van der Waals surface area contributed by atoms with E-state index in [0.29, 0.717) is 35.3 Å². The Labute approximate surface area is 209 Å². The fraction of sp³-hybridized carbons (Fsp3) is 0.423. The van der Waals surface area contributed by atoms with Gasteiger partial charge in [0.1, 0.15) is 5.75 Å². The minimum absolute atomic E-state index is 0.0280. The Morgan fingerprint density at radius 2 is 1.86 bits per heavy atom. The minimum Gasteiger partial charge on any atom is -0.489 e. The van der Waals surface area contributed by atoms with Gasteiger partial charge in [-0.2, -0.15) is 4.98 Å². The normalized spacial score (nSPS) is 15.9. The second kappa shape index (κ2) is 10.8. The van der Waals surface area contributed by atoms with Gasteiger partial charge in [0.15, 0.2) is 0 Å². The van der Waals surface area contributed by atoms with Crippen LogP contribution in [0.3, 0.4) is 0 Å². The van der Waals surface area contributed by atoms with Crippen LogP contribution in [0.15, 0.2) is 47.0 Å². The first-order valence-corrected chi connectivity index (χ1v) is 12.0. The number of halogens is 1. The molecule has 3 aromatic rings. The van der Waals surface area contributed by atoms with Crippen LogP contribution in [-0.4, -0.2) is 59.0 Å². The van der Waals surface area contributed by atoms with Crippen LogP contribution in [0.5, 0.6) is 5.75 Å². The quantitative estimate of drug-likeness (QED) is 0.431. The zero-order valence-electron chi connectivity index (χ0n) is 20.2. The molecule has 1 aliphatic heterocycles. The Balaban J connectivity index is 1.39. The van der Waals surface area contributed by atoms with Gasteiger partial charge in [-0.05, 0) is 63.5 Å². The molecule has 0 amide bonds. The molecule has 4 rings (SSSR count). The van der Waals surface area contributed by atoms with Crippen LogP contribution < -0.4 is 4.74 Å². The van der Waals surface area contributed by atoms with Crippen molar-refractivity contribution < 1.29 is 23.9 Å². The molecule has 0 radical (unpaired) electrons. The summed E-state index contributed by atoms with van der Waals surface area (Å²) >= 11 is 6.34. The number of benzene rings is 2. The number of methoxy groups -OCH3 is 1. The summed E-state index contributed by atoms with van der Waals surface area (Å²) in [7, 11) is 1.55. The number of ether oxygens (including phenoxy) is 2. The molecule has 8 nitrogen and oxygen atoms in total. The molecule has 0 spiro atoms. The fourth-order valence-corrected chi connectivity index (χ4v) is 4.52. The van der Waals surface area contributed by atoms with Gasteiger partial charge in [0.05, 0.1) is 23.1 Å². The number of carboxylic acids is 1. The Kier molecular flexibility index (Phi) is 7.74. The molecule has 0 atom stereocenters. The Bertz CT molecular complexity index is 1150. The summed E-state index contributed by atoms with van der Waals surface area (Å²) in [6.45, 7) is 6.33. The first kappa shape index (κ1) is 25.2. The monoisotopic (exact) mass is 499 g/mol. The summed E-state index contributed by atoms with van der Waals surface area (Å²) in [6, 6.07) is 13.4. The number of rotatable bonds is 9. The summed E-state index contributed by atoms with van der Waals surface area (Å²) in [5.74, 6) is 0.717. The molecule has 0 aliphatic carbocycles. The van der Waals surface area contributed by atoms with E-state index in [1.807, 2.05) is 44.2 Å². The summed E-state index contributed by atoms with van der Waals surface area (Å²) in [5.41, 5.74) is 1.92. The van der Waals surface area contributed by atoms with Gasteiger partial charge in [0.2, 0.25) is 5.82 Å². The van der Waals surface area contributed by atoms with Gasteiger partial charge in [0.25, 0.3) is 5.89 Å². The van der Waals surface area contributed by atoms with Crippen molar-refractivity contribution in [3.05, 3.63) is 53.1 Å². The maximum atomic E-state index is 11.7. The van der Waals surface area contributed by atoms with E-state index in [9.17, 15) is 9.90 Å². The minimum atomic E-state index is -0.780. The Morgan fingerprint density at radius 1 is 1.17 bits per heavy atom. The first-order valence-electron chi connectivity index (χ1n) is 11.6. The maximum Gasteiger partial charge on any atom is 0.312 e. The summed E-state index contributed by atoms with van der Waals surface area (Å²) < 4.78 is 16.3. The van der Waals surface area contributed by atoms with Gasteiger partial charge in [-0.3, -0.25) is 9.69 Å². The molecule has 0 bridgehead atoms. The van der Waals surface area contributed by atoms with E-state index in [0.717, 1.165) is 36.3 Å². The zero-order valence-corrected chi connectivity index (χ0v) is 20.9. The summed E-state index contributed by atoms with van der Waals surface area (Å²) in [6.07, 6.45) is 1.18. The Morgan fingerprint density at radius 3 is 2.46 bits per heavy atom. The number of aromatic nitrogens is 2. The lowest BCUT2D eigenvalue weighted by atomic mass is 9.79.